The number of piperidine rings is 1. The predicted octanol–water partition coefficient (Wildman–Crippen LogP) is 5.04. The topological polar surface area (TPSA) is 119 Å². The molecule has 10 nitrogen and oxygen atoms in total. The normalized spacial score (nSPS) is 16.4. The van der Waals surface area contributed by atoms with Gasteiger partial charge in [-0.15, -0.1) is 0 Å². The highest BCUT2D eigenvalue weighted by Crippen LogP contribution is 2.24. The third-order valence-electron chi connectivity index (χ3n) is 7.31. The number of likely N-dealkylation sites (tertiary alicyclic amines) is 2. The summed E-state index contributed by atoms with van der Waals surface area (Å²) in [6, 6.07) is -0.319. The molecule has 1 unspecified atom stereocenters. The van der Waals surface area contributed by atoms with Crippen molar-refractivity contribution in [2.45, 2.75) is 139 Å². The summed E-state index contributed by atoms with van der Waals surface area (Å²) < 4.78 is 0. The summed E-state index contributed by atoms with van der Waals surface area (Å²) in [5, 5.41) is 3.13. The molecule has 10 heteroatoms. The molecule has 2 rings (SSSR count). The molecule has 2 fully saturated rings. The van der Waals surface area contributed by atoms with Gasteiger partial charge in [-0.3, -0.25) is 19.3 Å². The van der Waals surface area contributed by atoms with Crippen molar-refractivity contribution < 1.29 is 19.2 Å². The zero-order chi connectivity index (χ0) is 36.0. The second-order valence-corrected chi connectivity index (χ2v) is 12.4. The highest BCUT2D eigenvalue weighted by molar-refractivity contribution is 5.90. The average molecular weight is 645 g/mol. The van der Waals surface area contributed by atoms with Crippen molar-refractivity contribution in [3.63, 3.8) is 0 Å². The van der Waals surface area contributed by atoms with Gasteiger partial charge >= 0.3 is 0 Å². The van der Waals surface area contributed by atoms with E-state index in [-0.39, 0.29) is 23.3 Å². The van der Waals surface area contributed by atoms with Crippen molar-refractivity contribution in [1.29, 1.82) is 0 Å². The second kappa shape index (κ2) is 31.9. The fourth-order valence-electron chi connectivity index (χ4n) is 4.95. The van der Waals surface area contributed by atoms with E-state index in [1.165, 1.54) is 26.3 Å². The Kier molecular flexibility index (Phi) is 35.3. The smallest absolute Gasteiger partial charge is 0.245 e. The minimum Gasteiger partial charge on any atom is -0.345 e. The third kappa shape index (κ3) is 23.0. The molecule has 0 radical (unpaired) electrons. The van der Waals surface area contributed by atoms with Crippen LogP contribution in [0.1, 0.15) is 121 Å². The van der Waals surface area contributed by atoms with Gasteiger partial charge in [0.2, 0.25) is 18.2 Å². The van der Waals surface area contributed by atoms with E-state index >= 15 is 0 Å². The van der Waals surface area contributed by atoms with Crippen molar-refractivity contribution >= 4 is 25.0 Å². The maximum absolute atomic E-state index is 13.3. The fraction of sp³-hybridized carbons (Fsp3) is 0.886. The first-order chi connectivity index (χ1) is 21.4. The maximum Gasteiger partial charge on any atom is 0.245 e. The van der Waals surface area contributed by atoms with Gasteiger partial charge in [-0.1, -0.05) is 75.2 Å². The molecule has 0 aromatic heterocycles. The summed E-state index contributed by atoms with van der Waals surface area (Å²) in [5.41, 5.74) is 4.16. The molecule has 2 atom stereocenters. The first kappa shape index (κ1) is 49.8. The first-order valence-corrected chi connectivity index (χ1v) is 17.5. The molecule has 2 heterocycles. The van der Waals surface area contributed by atoms with Crippen LogP contribution in [0.4, 0.5) is 0 Å². The van der Waals surface area contributed by atoms with Gasteiger partial charge in [-0.05, 0) is 78.0 Å². The molecular formula is C35H76N6O4. The lowest BCUT2D eigenvalue weighted by atomic mass is 9.85. The van der Waals surface area contributed by atoms with E-state index in [1.54, 1.807) is 9.80 Å². The third-order valence-corrected chi connectivity index (χ3v) is 7.31. The van der Waals surface area contributed by atoms with Crippen LogP contribution in [-0.2, 0) is 19.2 Å². The number of nitrogens with zero attached hydrogens (tertiary/aromatic N) is 4. The van der Waals surface area contributed by atoms with Gasteiger partial charge in [0.05, 0.1) is 6.04 Å². The molecule has 0 aliphatic carbocycles. The van der Waals surface area contributed by atoms with E-state index in [9.17, 15) is 14.4 Å². The van der Waals surface area contributed by atoms with Crippen LogP contribution in [-0.4, -0.2) is 123 Å². The summed E-state index contributed by atoms with van der Waals surface area (Å²) >= 11 is 0. The highest BCUT2D eigenvalue weighted by atomic mass is 16.2. The lowest BCUT2D eigenvalue weighted by Gasteiger charge is -2.40. The Hall–Kier alpha value is -2.04. The van der Waals surface area contributed by atoms with E-state index in [1.807, 2.05) is 48.5 Å². The van der Waals surface area contributed by atoms with Gasteiger partial charge in [0, 0.05) is 39.3 Å². The van der Waals surface area contributed by atoms with Gasteiger partial charge in [-0.2, -0.15) is 0 Å². The molecule has 3 N–H and O–H groups in total. The Morgan fingerprint density at radius 3 is 1.80 bits per heavy atom. The Morgan fingerprint density at radius 1 is 0.933 bits per heavy atom. The van der Waals surface area contributed by atoms with Gasteiger partial charge in [0.25, 0.3) is 0 Å². The first-order valence-electron chi connectivity index (χ1n) is 17.5. The van der Waals surface area contributed by atoms with Gasteiger partial charge < -0.3 is 30.5 Å². The van der Waals surface area contributed by atoms with Crippen LogP contribution in [0.25, 0.3) is 0 Å². The summed E-state index contributed by atoms with van der Waals surface area (Å²) in [5.74, 6) is 0.00607. The van der Waals surface area contributed by atoms with Crippen LogP contribution in [0, 0.1) is 5.41 Å². The van der Waals surface area contributed by atoms with Crippen LogP contribution in [0.5, 0.6) is 0 Å². The summed E-state index contributed by atoms with van der Waals surface area (Å²) in [6.07, 6.45) is 8.75. The maximum atomic E-state index is 13.3. The number of likely N-dealkylation sites (N-methyl/N-ethyl adjacent to an activating group) is 2. The molecule has 0 aromatic carbocycles. The molecule has 2 saturated heterocycles. The predicted molar refractivity (Wildman–Crippen MR) is 192 cm³/mol. The Morgan fingerprint density at radius 2 is 1.42 bits per heavy atom. The van der Waals surface area contributed by atoms with Crippen LogP contribution in [0.15, 0.2) is 0 Å². The Bertz CT molecular complexity index is 696. The lowest BCUT2D eigenvalue weighted by Crippen LogP contribution is -2.60. The highest BCUT2D eigenvalue weighted by Gasteiger charge is 2.38. The van der Waals surface area contributed by atoms with E-state index in [0.29, 0.717) is 12.6 Å². The number of hydrogen-bond acceptors (Lipinski definition) is 7. The Labute approximate surface area is 279 Å². The molecule has 0 bridgehead atoms. The molecule has 2 aliphatic heterocycles. The summed E-state index contributed by atoms with van der Waals surface area (Å²) in [4.78, 5) is 52.6. The number of carbonyl (C=O) groups is 4. The van der Waals surface area contributed by atoms with Crippen molar-refractivity contribution in [2.75, 3.05) is 59.9 Å². The minimum absolute atomic E-state index is 0.00115. The number of nitrogens with one attached hydrogen (secondary N) is 1. The second-order valence-electron chi connectivity index (χ2n) is 12.4. The zero-order valence-electron chi connectivity index (χ0n) is 31.9. The molecule has 0 saturated carbocycles. The van der Waals surface area contributed by atoms with Crippen molar-refractivity contribution in [3.8, 4) is 0 Å². The molecule has 0 aromatic rings. The van der Waals surface area contributed by atoms with Crippen molar-refractivity contribution in [3.05, 3.63) is 0 Å². The van der Waals surface area contributed by atoms with E-state index in [4.69, 9.17) is 4.79 Å². The van der Waals surface area contributed by atoms with Crippen LogP contribution < -0.4 is 11.1 Å². The minimum atomic E-state index is -0.516. The standard InChI is InChI=1S/C23H46N4O2.C5H9NO.C3H8.C2H6.CH5N.CH2O/c1-9-14-26(10-2)17-16-25(8)22(29)20(23(5,6)7)24-21(28)19-13-11-12-15-27(19)18(3)4;7-5-6-3-1-2-4-6;1-3-2;3*1-2/h18-20H,9-17H2,1-8H3,(H,24,28);5H,1-4H2;3H2,1-2H3;1-2H3;2H2,1H3;1H2/t19-,20?;;;;;/m1...../s1. The number of hydrogen-bond donors (Lipinski definition) is 2. The number of rotatable bonds is 11. The molecule has 3 amide bonds. The summed E-state index contributed by atoms with van der Waals surface area (Å²) in [7, 11) is 3.36. The largest absolute Gasteiger partial charge is 0.345 e. The van der Waals surface area contributed by atoms with Crippen LogP contribution in [0.3, 0.4) is 0 Å². The molecule has 0 spiro atoms. The van der Waals surface area contributed by atoms with Crippen LogP contribution >= 0.6 is 0 Å². The lowest BCUT2D eigenvalue weighted by molar-refractivity contribution is -0.140. The molecule has 2 aliphatic rings. The van der Waals surface area contributed by atoms with Crippen LogP contribution in [0.2, 0.25) is 0 Å². The van der Waals surface area contributed by atoms with E-state index in [2.05, 4.69) is 62.4 Å². The zero-order valence-corrected chi connectivity index (χ0v) is 31.9. The molecule has 270 valence electrons. The van der Waals surface area contributed by atoms with Gasteiger partial charge in [-0.25, -0.2) is 0 Å². The fourth-order valence-corrected chi connectivity index (χ4v) is 4.95. The van der Waals surface area contributed by atoms with E-state index < -0.39 is 6.04 Å². The number of nitrogens with two attached hydrogens (primary N) is 1. The quantitative estimate of drug-likeness (QED) is 0.303. The average Bonchev–Trinajstić information content (AvgIpc) is 3.58. The molecule has 45 heavy (non-hydrogen) atoms. The van der Waals surface area contributed by atoms with Crippen molar-refractivity contribution in [2.24, 2.45) is 11.1 Å². The number of carbonyl (C=O) groups excluding carboxylic acids is 4. The van der Waals surface area contributed by atoms with Gasteiger partial charge in [0.1, 0.15) is 12.8 Å². The number of amides is 3. The van der Waals surface area contributed by atoms with Crippen molar-refractivity contribution in [1.82, 2.24) is 24.9 Å². The summed E-state index contributed by atoms with van der Waals surface area (Å²) in [6.45, 7) is 31.4. The monoisotopic (exact) mass is 645 g/mol. The Balaban J connectivity index is -0.000000433. The van der Waals surface area contributed by atoms with E-state index in [0.717, 1.165) is 71.4 Å². The SMILES string of the molecule is C=O.CC.CCC.CCCN(CC)CCN(C)C(=O)C(NC(=O)[C@H]1CCCCN1C(C)C)C(C)(C)C.CN.O=CN1CCCC1. The van der Waals surface area contributed by atoms with Gasteiger partial charge in [0.15, 0.2) is 0 Å². The molecular weight excluding hydrogens is 568 g/mol.